The van der Waals surface area contributed by atoms with Crippen LogP contribution >= 0.6 is 0 Å². The second-order valence-electron chi connectivity index (χ2n) is 5.75. The third kappa shape index (κ3) is 2.24. The predicted octanol–water partition coefficient (Wildman–Crippen LogP) is 1.94. The highest BCUT2D eigenvalue weighted by Crippen LogP contribution is 2.32. The summed E-state index contributed by atoms with van der Waals surface area (Å²) >= 11 is 0. The maximum absolute atomic E-state index is 13.2. The van der Waals surface area contributed by atoms with Crippen molar-refractivity contribution >= 4 is 5.82 Å². The molecule has 0 N–H and O–H groups in total. The molecule has 6 heteroatoms. The highest BCUT2D eigenvalue weighted by molar-refractivity contribution is 5.48. The smallest absolute Gasteiger partial charge is 0.352 e. The average Bonchev–Trinajstić information content (AvgIpc) is 3.07. The van der Waals surface area contributed by atoms with Gasteiger partial charge < -0.3 is 9.64 Å². The molecule has 114 valence electrons. The van der Waals surface area contributed by atoms with E-state index < -0.39 is 0 Å². The quantitative estimate of drug-likeness (QED) is 0.869. The second-order valence-corrected chi connectivity index (χ2v) is 5.75. The molecule has 0 bridgehead atoms. The van der Waals surface area contributed by atoms with Gasteiger partial charge in [-0.25, -0.2) is 9.18 Å². The van der Waals surface area contributed by atoms with Crippen molar-refractivity contribution in [2.75, 3.05) is 11.4 Å². The summed E-state index contributed by atoms with van der Waals surface area (Å²) in [5.41, 5.74) is 0.433. The van der Waals surface area contributed by atoms with Crippen LogP contribution in [0.3, 0.4) is 0 Å². The van der Waals surface area contributed by atoms with Gasteiger partial charge in [0.15, 0.2) is 0 Å². The van der Waals surface area contributed by atoms with Gasteiger partial charge in [0.1, 0.15) is 18.2 Å². The molecule has 1 aromatic heterocycles. The van der Waals surface area contributed by atoms with Crippen molar-refractivity contribution in [2.24, 2.45) is 0 Å². The van der Waals surface area contributed by atoms with Gasteiger partial charge in [0.05, 0.1) is 0 Å². The monoisotopic (exact) mass is 301 g/mol. The van der Waals surface area contributed by atoms with Crippen molar-refractivity contribution in [3.63, 3.8) is 0 Å². The van der Waals surface area contributed by atoms with Crippen molar-refractivity contribution in [3.8, 4) is 5.88 Å². The van der Waals surface area contributed by atoms with E-state index in [-0.39, 0.29) is 18.1 Å². The zero-order chi connectivity index (χ0) is 15.1. The second kappa shape index (κ2) is 5.12. The van der Waals surface area contributed by atoms with Crippen LogP contribution in [-0.4, -0.2) is 22.1 Å². The highest BCUT2D eigenvalue weighted by atomic mass is 19.1. The molecule has 0 amide bonds. The number of ether oxygens (including phenoxy) is 1. The molecule has 1 aromatic carbocycles. The highest BCUT2D eigenvalue weighted by Gasteiger charge is 2.34. The molecule has 2 aliphatic rings. The molecule has 1 fully saturated rings. The molecular formula is C16H16FN3O2. The molecule has 22 heavy (non-hydrogen) atoms. The molecule has 0 radical (unpaired) electrons. The number of benzene rings is 1. The fraction of sp³-hybridized carbons (Fsp3) is 0.375. The van der Waals surface area contributed by atoms with Crippen molar-refractivity contribution in [3.05, 3.63) is 52.2 Å². The Kier molecular flexibility index (Phi) is 3.10. The largest absolute Gasteiger partial charge is 0.473 e. The summed E-state index contributed by atoms with van der Waals surface area (Å²) in [5.74, 6) is 0.882. The fourth-order valence-corrected chi connectivity index (χ4v) is 3.28. The normalized spacial score (nSPS) is 19.1. The van der Waals surface area contributed by atoms with E-state index in [4.69, 9.17) is 4.74 Å². The molecule has 2 aliphatic heterocycles. The lowest BCUT2D eigenvalue weighted by Gasteiger charge is -2.17. The molecule has 1 atom stereocenters. The van der Waals surface area contributed by atoms with Crippen LogP contribution in [0.15, 0.2) is 35.1 Å². The molecule has 4 rings (SSSR count). The molecule has 0 spiro atoms. The standard InChI is InChI=1S/C16H16FN3O2/c17-12-4-1-3-11(7-12)10-22-14-8-15-19-6-2-5-13(19)9-20(15)16(21)18-14/h1,3-4,7-8,13H,2,5-6,9-10H2. The first-order valence-corrected chi connectivity index (χ1v) is 7.46. The first-order chi connectivity index (χ1) is 10.7. The molecule has 2 aromatic rings. The molecule has 3 heterocycles. The average molecular weight is 301 g/mol. The number of hydrogen-bond donors (Lipinski definition) is 0. The Hall–Kier alpha value is -2.37. The third-order valence-electron chi connectivity index (χ3n) is 4.31. The van der Waals surface area contributed by atoms with Gasteiger partial charge in [0, 0.05) is 25.2 Å². The summed E-state index contributed by atoms with van der Waals surface area (Å²) in [6.45, 7) is 1.87. The van der Waals surface area contributed by atoms with E-state index in [2.05, 4.69) is 9.88 Å². The van der Waals surface area contributed by atoms with Crippen LogP contribution in [0.1, 0.15) is 18.4 Å². The number of halogens is 1. The van der Waals surface area contributed by atoms with Crippen LogP contribution in [0.4, 0.5) is 10.2 Å². The van der Waals surface area contributed by atoms with Gasteiger partial charge in [-0.2, -0.15) is 4.98 Å². The van der Waals surface area contributed by atoms with E-state index in [0.717, 1.165) is 25.2 Å². The first kappa shape index (κ1) is 13.3. The minimum absolute atomic E-state index is 0.192. The Morgan fingerprint density at radius 1 is 1.36 bits per heavy atom. The third-order valence-corrected chi connectivity index (χ3v) is 4.31. The van der Waals surface area contributed by atoms with E-state index in [1.54, 1.807) is 16.7 Å². The van der Waals surface area contributed by atoms with Crippen LogP contribution < -0.4 is 15.3 Å². The lowest BCUT2D eigenvalue weighted by atomic mass is 10.2. The van der Waals surface area contributed by atoms with Crippen LogP contribution in [-0.2, 0) is 13.2 Å². The van der Waals surface area contributed by atoms with E-state index in [1.165, 1.54) is 12.1 Å². The van der Waals surface area contributed by atoms with Gasteiger partial charge in [-0.15, -0.1) is 0 Å². The number of anilines is 1. The molecule has 0 saturated carbocycles. The topological polar surface area (TPSA) is 47.4 Å². The lowest BCUT2D eigenvalue weighted by molar-refractivity contribution is 0.291. The van der Waals surface area contributed by atoms with Gasteiger partial charge in [0.25, 0.3) is 0 Å². The summed E-state index contributed by atoms with van der Waals surface area (Å²) in [5, 5.41) is 0. The summed E-state index contributed by atoms with van der Waals surface area (Å²) in [4.78, 5) is 18.3. The minimum Gasteiger partial charge on any atom is -0.473 e. The summed E-state index contributed by atoms with van der Waals surface area (Å²) in [6.07, 6.45) is 2.27. The van der Waals surface area contributed by atoms with E-state index in [9.17, 15) is 9.18 Å². The summed E-state index contributed by atoms with van der Waals surface area (Å²) in [6, 6.07) is 8.43. The Bertz CT molecular complexity index is 774. The predicted molar refractivity (Wildman–Crippen MR) is 79.6 cm³/mol. The van der Waals surface area contributed by atoms with Crippen molar-refractivity contribution < 1.29 is 9.13 Å². The summed E-state index contributed by atoms with van der Waals surface area (Å²) < 4.78 is 20.4. The van der Waals surface area contributed by atoms with Crippen molar-refractivity contribution in [2.45, 2.75) is 32.0 Å². The molecule has 1 saturated heterocycles. The van der Waals surface area contributed by atoms with Gasteiger partial charge in [-0.05, 0) is 30.5 Å². The molecule has 0 aliphatic carbocycles. The Morgan fingerprint density at radius 2 is 2.27 bits per heavy atom. The van der Waals surface area contributed by atoms with E-state index in [1.807, 2.05) is 6.07 Å². The van der Waals surface area contributed by atoms with Gasteiger partial charge >= 0.3 is 5.69 Å². The summed E-state index contributed by atoms with van der Waals surface area (Å²) in [7, 11) is 0. The Balaban J connectivity index is 1.57. The molecular weight excluding hydrogens is 285 g/mol. The maximum atomic E-state index is 13.2. The zero-order valence-electron chi connectivity index (χ0n) is 12.0. The van der Waals surface area contributed by atoms with Gasteiger partial charge in [-0.1, -0.05) is 12.1 Å². The number of aromatic nitrogens is 2. The number of nitrogens with zero attached hydrogens (tertiary/aromatic N) is 3. The lowest BCUT2D eigenvalue weighted by Crippen LogP contribution is -2.24. The van der Waals surface area contributed by atoms with Crippen LogP contribution in [0, 0.1) is 5.82 Å². The van der Waals surface area contributed by atoms with Crippen molar-refractivity contribution in [1.82, 2.24) is 9.55 Å². The number of hydrogen-bond acceptors (Lipinski definition) is 4. The van der Waals surface area contributed by atoms with Crippen LogP contribution in [0.5, 0.6) is 5.88 Å². The number of fused-ring (bicyclic) bond motifs is 3. The Labute approximate surface area is 127 Å². The van der Waals surface area contributed by atoms with Gasteiger partial charge in [0.2, 0.25) is 5.88 Å². The Morgan fingerprint density at radius 3 is 3.14 bits per heavy atom. The minimum atomic E-state index is -0.303. The van der Waals surface area contributed by atoms with Crippen LogP contribution in [0.25, 0.3) is 0 Å². The van der Waals surface area contributed by atoms with Gasteiger partial charge in [-0.3, -0.25) is 4.57 Å². The van der Waals surface area contributed by atoms with Crippen LogP contribution in [0.2, 0.25) is 0 Å². The molecule has 5 nitrogen and oxygen atoms in total. The zero-order valence-corrected chi connectivity index (χ0v) is 12.0. The SMILES string of the molecule is O=c1nc(OCc2cccc(F)c2)cc2n1CC1CCCN21. The fourth-order valence-electron chi connectivity index (χ4n) is 3.28. The molecule has 1 unspecified atom stereocenters. The van der Waals surface area contributed by atoms with Crippen molar-refractivity contribution in [1.29, 1.82) is 0 Å². The van der Waals surface area contributed by atoms with E-state index in [0.29, 0.717) is 24.0 Å². The first-order valence-electron chi connectivity index (χ1n) is 7.46. The number of rotatable bonds is 3. The maximum Gasteiger partial charge on any atom is 0.352 e. The van der Waals surface area contributed by atoms with E-state index >= 15 is 0 Å².